The number of carbonyl (C=O) groups is 1. The van der Waals surface area contributed by atoms with E-state index >= 15 is 0 Å². The van der Waals surface area contributed by atoms with Crippen molar-refractivity contribution in [3.63, 3.8) is 0 Å². The Kier molecular flexibility index (Phi) is 13.3. The molecule has 0 radical (unpaired) electrons. The number of nitrogens with one attached hydrogen (secondary N) is 1. The number of benzene rings is 3. The minimum Gasteiger partial charge on any atom is -0.507 e. The summed E-state index contributed by atoms with van der Waals surface area (Å²) in [5, 5.41) is 42.4. The number of rotatable bonds is 12. The van der Waals surface area contributed by atoms with Crippen molar-refractivity contribution in [2.24, 2.45) is 11.1 Å². The summed E-state index contributed by atoms with van der Waals surface area (Å²) in [6, 6.07) is 25.7. The fraction of sp³-hybridized carbons (Fsp3) is 0.466. The number of halogens is 1. The van der Waals surface area contributed by atoms with E-state index in [2.05, 4.69) is 52.9 Å². The zero-order valence-electron chi connectivity index (χ0n) is 43.4. The zero-order valence-corrected chi connectivity index (χ0v) is 43.4. The Morgan fingerprint density at radius 1 is 0.829 bits per heavy atom. The van der Waals surface area contributed by atoms with Gasteiger partial charge in [0.15, 0.2) is 11.7 Å². The molecule has 17 nitrogen and oxygen atoms in total. The molecule has 1 saturated carbocycles. The van der Waals surface area contributed by atoms with Crippen molar-refractivity contribution in [3.05, 3.63) is 126 Å². The summed E-state index contributed by atoms with van der Waals surface area (Å²) in [7, 11) is 0. The number of likely N-dealkylation sites (tertiary alicyclic amines) is 2. The molecular weight excluding hydrogens is 964 g/mol. The van der Waals surface area contributed by atoms with Crippen LogP contribution in [0.3, 0.4) is 0 Å². The molecule has 8 heterocycles. The minimum atomic E-state index is -1.03. The van der Waals surface area contributed by atoms with Crippen LogP contribution in [-0.2, 0) is 15.4 Å². The van der Waals surface area contributed by atoms with Crippen LogP contribution < -0.4 is 20.9 Å². The Balaban J connectivity index is 0.625. The topological polar surface area (TPSA) is 208 Å². The molecule has 6 atom stereocenters. The maximum atomic E-state index is 14.6. The average Bonchev–Trinajstić information content (AvgIpc) is 4.29. The monoisotopic (exact) mass is 1030 g/mol. The molecule has 5 fully saturated rings. The highest BCUT2D eigenvalue weighted by atomic mass is 19.1. The Labute approximate surface area is 442 Å². The lowest BCUT2D eigenvalue weighted by atomic mass is 9.81. The Morgan fingerprint density at radius 2 is 1.51 bits per heavy atom. The number of nitrogens with zero attached hydrogens (tertiary/aromatic N) is 10. The molecule has 396 valence electrons. The first-order valence-corrected chi connectivity index (χ1v) is 27.2. The predicted octanol–water partition coefficient (Wildman–Crippen LogP) is 8.29. The molecule has 12 rings (SSSR count). The van der Waals surface area contributed by atoms with Gasteiger partial charge in [0.2, 0.25) is 17.6 Å². The van der Waals surface area contributed by atoms with Crippen LogP contribution in [0.4, 0.5) is 21.8 Å². The van der Waals surface area contributed by atoms with Gasteiger partial charge in [-0.3, -0.25) is 4.79 Å². The number of carbonyl (C=O) groups excluding carboxylic acids is 1. The number of piperidine rings is 1. The number of nitrogen functional groups attached to an aromatic ring is 1. The van der Waals surface area contributed by atoms with E-state index in [1.165, 1.54) is 11.6 Å². The van der Waals surface area contributed by atoms with E-state index in [-0.39, 0.29) is 47.9 Å². The van der Waals surface area contributed by atoms with E-state index in [4.69, 9.17) is 25.1 Å². The molecule has 6 aliphatic rings. The zero-order chi connectivity index (χ0) is 52.2. The number of hydrogen-bond donors (Lipinski definition) is 4. The van der Waals surface area contributed by atoms with Crippen LogP contribution in [0.5, 0.6) is 5.75 Å². The van der Waals surface area contributed by atoms with Crippen LogP contribution in [0.1, 0.15) is 119 Å². The summed E-state index contributed by atoms with van der Waals surface area (Å²) in [5.41, 5.74) is 11.6. The number of oxime groups is 1. The first-order valence-electron chi connectivity index (χ1n) is 27.2. The van der Waals surface area contributed by atoms with Gasteiger partial charge in [-0.2, -0.15) is 0 Å². The number of phenolic OH excluding ortho intramolecular Hbond substituents is 1. The van der Waals surface area contributed by atoms with E-state index < -0.39 is 23.8 Å². The summed E-state index contributed by atoms with van der Waals surface area (Å²) in [5.74, 6) is 1.92. The van der Waals surface area contributed by atoms with Crippen molar-refractivity contribution >= 4 is 29.2 Å². The number of amidine groups is 1. The highest BCUT2D eigenvalue weighted by molar-refractivity contribution is 5.94. The SMILES string of the molecule is CC(C)[C@@H](C(=O)N1C[C@H](O)C[C@H]1C1=NO[C@@](C)(c2ccc(-c3ccccc3F)cc2)N1)c1cc([C@H]2CC[C@H](N3CCC(c4cnc(N5C6CCC5CN(c5cc(-c7ccccc7O)nnc5N)C6)nc4)CC3)CC2)no1. The number of piperazine rings is 1. The van der Waals surface area contributed by atoms with Gasteiger partial charge >= 0.3 is 0 Å². The number of nitrogens with two attached hydrogens (primary N) is 1. The standard InChI is InChI=1S/C58H67FN12O5/c1-34(2)53(56(74)70-33-43(72)26-50(70)55-63-58(3,76-67-55)39-16-12-36(13-17-39)44-8-4-6-10-46(44)59)52-28-47(66-75-52)37-14-18-40(19-15-37)68-24-22-35(23-25-68)38-29-61-57(62-30-38)71-41-20-21-42(71)32-69(31-41)49-27-48(64-65-54(49)60)45-9-5-7-11-51(45)73/h4-13,16-17,27-30,34-35,37,40-43,50,53,72-73H,14-15,18-26,31-33H2,1-3H3,(H2,60,65)(H,63,67)/t37-,40-,41?,42?,43-,50+,53-,58+/m1/s1. The molecule has 0 spiro atoms. The van der Waals surface area contributed by atoms with Gasteiger partial charge in [0.1, 0.15) is 23.2 Å². The molecule has 18 heteroatoms. The van der Waals surface area contributed by atoms with Gasteiger partial charge in [-0.1, -0.05) is 78.8 Å². The summed E-state index contributed by atoms with van der Waals surface area (Å²) in [6.45, 7) is 9.70. The van der Waals surface area contributed by atoms with Gasteiger partial charge in [-0.25, -0.2) is 14.4 Å². The van der Waals surface area contributed by atoms with Crippen molar-refractivity contribution in [1.82, 2.24) is 40.4 Å². The fourth-order valence-electron chi connectivity index (χ4n) is 13.1. The Bertz CT molecular complexity index is 3070. The quantitative estimate of drug-likeness (QED) is 0.0910. The van der Waals surface area contributed by atoms with Crippen LogP contribution in [0.2, 0.25) is 0 Å². The van der Waals surface area contributed by atoms with E-state index in [0.29, 0.717) is 52.6 Å². The first kappa shape index (κ1) is 49.7. The smallest absolute Gasteiger partial charge is 0.234 e. The Morgan fingerprint density at radius 3 is 2.21 bits per heavy atom. The highest BCUT2D eigenvalue weighted by Crippen LogP contribution is 2.42. The van der Waals surface area contributed by atoms with E-state index in [1.807, 2.05) is 75.4 Å². The van der Waals surface area contributed by atoms with Crippen LogP contribution in [0, 0.1) is 11.7 Å². The van der Waals surface area contributed by atoms with Crippen LogP contribution in [-0.4, -0.2) is 120 Å². The number of aliphatic hydroxyl groups excluding tert-OH is 1. The minimum absolute atomic E-state index is 0.0926. The van der Waals surface area contributed by atoms with Crippen molar-refractivity contribution in [2.45, 2.75) is 132 Å². The van der Waals surface area contributed by atoms with Crippen LogP contribution in [0.25, 0.3) is 22.4 Å². The summed E-state index contributed by atoms with van der Waals surface area (Å²) in [4.78, 5) is 39.7. The third-order valence-corrected chi connectivity index (χ3v) is 17.3. The van der Waals surface area contributed by atoms with Crippen molar-refractivity contribution in [1.29, 1.82) is 0 Å². The molecule has 1 aliphatic carbocycles. The number of hydrogen-bond acceptors (Lipinski definition) is 16. The summed E-state index contributed by atoms with van der Waals surface area (Å²) in [6.07, 6.45) is 12.1. The van der Waals surface area contributed by atoms with Crippen molar-refractivity contribution < 1.29 is 28.8 Å². The number of aromatic nitrogens is 5. The number of phenols is 1. The number of aromatic hydroxyl groups is 1. The molecule has 5 aliphatic heterocycles. The highest BCUT2D eigenvalue weighted by Gasteiger charge is 2.47. The molecule has 1 amide bonds. The van der Waals surface area contributed by atoms with Gasteiger partial charge < -0.3 is 50.2 Å². The van der Waals surface area contributed by atoms with E-state index in [0.717, 1.165) is 106 Å². The maximum Gasteiger partial charge on any atom is 0.234 e. The van der Waals surface area contributed by atoms with E-state index in [9.17, 15) is 19.4 Å². The molecule has 76 heavy (non-hydrogen) atoms. The number of anilines is 3. The molecule has 6 aromatic rings. The molecular formula is C58H67FN12O5. The van der Waals surface area contributed by atoms with Gasteiger partial charge in [-0.15, -0.1) is 10.2 Å². The third kappa shape index (κ3) is 9.47. The predicted molar refractivity (Wildman–Crippen MR) is 287 cm³/mol. The van der Waals surface area contributed by atoms with E-state index in [1.54, 1.807) is 29.2 Å². The molecule has 5 N–H and O–H groups in total. The number of β-amino-alcohol motifs (C(OH)–C–C–N with tert-alkyl or cyclic N) is 1. The van der Waals surface area contributed by atoms with Gasteiger partial charge in [0, 0.05) is 92.2 Å². The second kappa shape index (κ2) is 20.4. The number of fused-ring (bicyclic) bond motifs is 2. The number of para-hydroxylation sites is 1. The Hall–Kier alpha value is -7.18. The second-order valence-electron chi connectivity index (χ2n) is 22.4. The third-order valence-electron chi connectivity index (χ3n) is 17.3. The van der Waals surface area contributed by atoms with Gasteiger partial charge in [-0.05, 0) is 112 Å². The largest absolute Gasteiger partial charge is 0.507 e. The summed E-state index contributed by atoms with van der Waals surface area (Å²) >= 11 is 0. The normalized spacial score (nSPS) is 26.4. The molecule has 3 aromatic heterocycles. The molecule has 2 bridgehead atoms. The lowest BCUT2D eigenvalue weighted by Gasteiger charge is -2.42. The lowest BCUT2D eigenvalue weighted by Crippen LogP contribution is -2.54. The fourth-order valence-corrected chi connectivity index (χ4v) is 13.1. The maximum absolute atomic E-state index is 14.6. The first-order chi connectivity index (χ1) is 36.9. The van der Waals surface area contributed by atoms with Crippen LogP contribution in [0.15, 0.2) is 107 Å². The average molecular weight is 1030 g/mol. The molecule has 4 saturated heterocycles. The molecule has 2 unspecified atom stereocenters. The second-order valence-corrected chi connectivity index (χ2v) is 22.4. The van der Waals surface area contributed by atoms with Gasteiger partial charge in [0.05, 0.1) is 29.2 Å². The van der Waals surface area contributed by atoms with Crippen LogP contribution >= 0.6 is 0 Å². The van der Waals surface area contributed by atoms with Crippen molar-refractivity contribution in [3.8, 4) is 28.1 Å². The van der Waals surface area contributed by atoms with Gasteiger partial charge in [0.25, 0.3) is 0 Å². The number of aliphatic hydroxyl groups is 1. The summed E-state index contributed by atoms with van der Waals surface area (Å²) < 4.78 is 20.6. The molecule has 3 aromatic carbocycles. The number of amides is 1. The van der Waals surface area contributed by atoms with Crippen molar-refractivity contribution in [2.75, 3.05) is 48.3 Å². The lowest BCUT2D eigenvalue weighted by molar-refractivity contribution is -0.134.